The van der Waals surface area contributed by atoms with Crippen LogP contribution in [-0.2, 0) is 0 Å². The average Bonchev–Trinajstić information content (AvgIpc) is 2.99. The van der Waals surface area contributed by atoms with Gasteiger partial charge in [0.1, 0.15) is 5.82 Å². The molecule has 3 atom stereocenters. The van der Waals surface area contributed by atoms with Gasteiger partial charge in [-0.15, -0.1) is 0 Å². The highest BCUT2D eigenvalue weighted by Gasteiger charge is 2.47. The summed E-state index contributed by atoms with van der Waals surface area (Å²) >= 11 is 0. The molecule has 3 unspecified atom stereocenters. The lowest BCUT2D eigenvalue weighted by molar-refractivity contribution is 0.0950. The highest BCUT2D eigenvalue weighted by Crippen LogP contribution is 2.51. The molecule has 2 aliphatic rings. The van der Waals surface area contributed by atoms with Crippen LogP contribution in [0.1, 0.15) is 28.3 Å². The second kappa shape index (κ2) is 7.69. The minimum Gasteiger partial charge on any atom is -0.387 e. The summed E-state index contributed by atoms with van der Waals surface area (Å²) in [5.74, 6) is 1.75. The molecule has 2 fully saturated rings. The molecule has 4 nitrogen and oxygen atoms in total. The number of amides is 1. The number of halogens is 1. The zero-order chi connectivity index (χ0) is 18.8. The minimum atomic E-state index is -0.168. The van der Waals surface area contributed by atoms with Crippen molar-refractivity contribution in [3.8, 4) is 0 Å². The first-order chi connectivity index (χ1) is 13.2. The summed E-state index contributed by atoms with van der Waals surface area (Å²) in [5.41, 5.74) is 2.78. The third-order valence-electron chi connectivity index (χ3n) is 6.09. The second-order valence-electron chi connectivity index (χ2n) is 7.63. The molecule has 4 rings (SSSR count). The fraction of sp³-hybridized carbons (Fsp3) is 0.409. The molecule has 1 aliphatic heterocycles. The number of nitrogens with one attached hydrogen (secondary N) is 2. The number of carbonyl (C=O) groups excluding carboxylic acids is 1. The predicted octanol–water partition coefficient (Wildman–Crippen LogP) is 3.33. The van der Waals surface area contributed by atoms with Gasteiger partial charge in [0.2, 0.25) is 0 Å². The number of carbonyl (C=O) groups is 1. The highest BCUT2D eigenvalue weighted by molar-refractivity contribution is 5.99. The number of nitrogens with zero attached hydrogens (tertiary/aromatic N) is 1. The van der Waals surface area contributed by atoms with Gasteiger partial charge in [-0.05, 0) is 54.0 Å². The van der Waals surface area contributed by atoms with Crippen molar-refractivity contribution >= 4 is 11.6 Å². The zero-order valence-corrected chi connectivity index (χ0v) is 15.6. The lowest BCUT2D eigenvalue weighted by Crippen LogP contribution is -2.34. The summed E-state index contributed by atoms with van der Waals surface area (Å²) in [6.45, 7) is 3.69. The summed E-state index contributed by atoms with van der Waals surface area (Å²) in [6, 6.07) is 14.5. The van der Waals surface area contributed by atoms with Gasteiger partial charge in [0.25, 0.3) is 5.91 Å². The van der Waals surface area contributed by atoms with Crippen LogP contribution in [0, 0.1) is 17.7 Å². The molecule has 142 valence electrons. The Morgan fingerprint density at radius 3 is 2.70 bits per heavy atom. The van der Waals surface area contributed by atoms with Crippen molar-refractivity contribution in [2.24, 2.45) is 11.8 Å². The molecule has 2 aromatic rings. The van der Waals surface area contributed by atoms with Crippen LogP contribution in [0.4, 0.5) is 10.1 Å². The van der Waals surface area contributed by atoms with Crippen LogP contribution >= 0.6 is 0 Å². The molecule has 27 heavy (non-hydrogen) atoms. The van der Waals surface area contributed by atoms with E-state index >= 15 is 0 Å². The van der Waals surface area contributed by atoms with E-state index in [0.717, 1.165) is 31.2 Å². The van der Waals surface area contributed by atoms with Crippen molar-refractivity contribution in [2.45, 2.75) is 12.3 Å². The number of hydrogen-bond acceptors (Lipinski definition) is 3. The van der Waals surface area contributed by atoms with Gasteiger partial charge in [0, 0.05) is 38.9 Å². The molecule has 1 aliphatic carbocycles. The highest BCUT2D eigenvalue weighted by atomic mass is 19.1. The van der Waals surface area contributed by atoms with Gasteiger partial charge in [0.15, 0.2) is 0 Å². The lowest BCUT2D eigenvalue weighted by atomic mass is 9.64. The average molecular weight is 367 g/mol. The summed E-state index contributed by atoms with van der Waals surface area (Å²) in [6.07, 6.45) is 1.19. The summed E-state index contributed by atoms with van der Waals surface area (Å²) in [5, 5.41) is 6.09. The molecular weight excluding hydrogens is 341 g/mol. The van der Waals surface area contributed by atoms with E-state index in [1.54, 1.807) is 12.1 Å². The van der Waals surface area contributed by atoms with E-state index in [1.807, 2.05) is 43.4 Å². The quantitative estimate of drug-likeness (QED) is 0.823. The minimum absolute atomic E-state index is 0.0358. The Balaban J connectivity index is 1.26. The van der Waals surface area contributed by atoms with Gasteiger partial charge < -0.3 is 15.5 Å². The molecule has 0 bridgehead atoms. The fourth-order valence-electron chi connectivity index (χ4n) is 4.60. The van der Waals surface area contributed by atoms with Gasteiger partial charge in [-0.2, -0.15) is 0 Å². The Kier molecular flexibility index (Phi) is 5.12. The standard InChI is InChI=1S/C22H26FN3O/c1-24-21-5-3-2-4-18(21)22(27)25-10-11-26-13-16-12-19(20(16)14-26)15-6-8-17(23)9-7-15/h2-9,16,19-20,24H,10-14H2,1H3,(H,25,27). The Bertz CT molecular complexity index is 807. The number of likely N-dealkylation sites (tertiary alicyclic amines) is 1. The molecule has 2 aromatic carbocycles. The Labute approximate surface area is 159 Å². The molecule has 1 saturated heterocycles. The number of fused-ring (bicyclic) bond motifs is 1. The number of hydrogen-bond donors (Lipinski definition) is 2. The molecule has 0 radical (unpaired) electrons. The first kappa shape index (κ1) is 18.0. The van der Waals surface area contributed by atoms with E-state index in [1.165, 1.54) is 12.0 Å². The molecule has 1 saturated carbocycles. The Morgan fingerprint density at radius 1 is 1.15 bits per heavy atom. The normalized spacial score (nSPS) is 24.1. The van der Waals surface area contributed by atoms with Crippen molar-refractivity contribution < 1.29 is 9.18 Å². The molecule has 0 aromatic heterocycles. The molecular formula is C22H26FN3O. The Hall–Kier alpha value is -2.40. The van der Waals surface area contributed by atoms with Gasteiger partial charge >= 0.3 is 0 Å². The van der Waals surface area contributed by atoms with Crippen molar-refractivity contribution in [2.75, 3.05) is 38.5 Å². The van der Waals surface area contributed by atoms with E-state index in [4.69, 9.17) is 0 Å². The topological polar surface area (TPSA) is 44.4 Å². The third kappa shape index (κ3) is 3.69. The van der Waals surface area contributed by atoms with Crippen LogP contribution < -0.4 is 10.6 Å². The maximum atomic E-state index is 13.1. The maximum absolute atomic E-state index is 13.1. The second-order valence-corrected chi connectivity index (χ2v) is 7.63. The predicted molar refractivity (Wildman–Crippen MR) is 105 cm³/mol. The van der Waals surface area contributed by atoms with Crippen LogP contribution in [0.15, 0.2) is 48.5 Å². The van der Waals surface area contributed by atoms with Crippen LogP contribution in [0.3, 0.4) is 0 Å². The molecule has 1 amide bonds. The van der Waals surface area contributed by atoms with Gasteiger partial charge in [-0.3, -0.25) is 4.79 Å². The van der Waals surface area contributed by atoms with E-state index in [0.29, 0.717) is 23.9 Å². The van der Waals surface area contributed by atoms with Gasteiger partial charge in [-0.1, -0.05) is 24.3 Å². The molecule has 1 heterocycles. The van der Waals surface area contributed by atoms with E-state index < -0.39 is 0 Å². The van der Waals surface area contributed by atoms with Crippen LogP contribution in [-0.4, -0.2) is 44.0 Å². The van der Waals surface area contributed by atoms with E-state index in [-0.39, 0.29) is 11.7 Å². The molecule has 5 heteroatoms. The number of para-hydroxylation sites is 1. The van der Waals surface area contributed by atoms with Crippen molar-refractivity contribution in [1.29, 1.82) is 0 Å². The van der Waals surface area contributed by atoms with Crippen molar-refractivity contribution in [3.63, 3.8) is 0 Å². The van der Waals surface area contributed by atoms with Gasteiger partial charge in [0.05, 0.1) is 5.56 Å². The lowest BCUT2D eigenvalue weighted by Gasteiger charge is -2.40. The first-order valence-corrected chi connectivity index (χ1v) is 9.68. The molecule has 0 spiro atoms. The SMILES string of the molecule is CNc1ccccc1C(=O)NCCN1CC2CC(c3ccc(F)cc3)C2C1. The van der Waals surface area contributed by atoms with Crippen LogP contribution in [0.25, 0.3) is 0 Å². The smallest absolute Gasteiger partial charge is 0.253 e. The van der Waals surface area contributed by atoms with Gasteiger partial charge in [-0.25, -0.2) is 4.39 Å². The Morgan fingerprint density at radius 2 is 1.93 bits per heavy atom. The van der Waals surface area contributed by atoms with Crippen LogP contribution in [0.2, 0.25) is 0 Å². The first-order valence-electron chi connectivity index (χ1n) is 9.68. The monoisotopic (exact) mass is 367 g/mol. The van der Waals surface area contributed by atoms with Crippen LogP contribution in [0.5, 0.6) is 0 Å². The van der Waals surface area contributed by atoms with E-state index in [9.17, 15) is 9.18 Å². The number of anilines is 1. The summed E-state index contributed by atoms with van der Waals surface area (Å²) in [7, 11) is 1.82. The van der Waals surface area contributed by atoms with E-state index in [2.05, 4.69) is 15.5 Å². The summed E-state index contributed by atoms with van der Waals surface area (Å²) < 4.78 is 13.1. The zero-order valence-electron chi connectivity index (χ0n) is 15.6. The molecule has 2 N–H and O–H groups in total. The fourth-order valence-corrected chi connectivity index (χ4v) is 4.60. The largest absolute Gasteiger partial charge is 0.387 e. The number of rotatable bonds is 6. The van der Waals surface area contributed by atoms with Crippen molar-refractivity contribution in [1.82, 2.24) is 10.2 Å². The number of benzene rings is 2. The third-order valence-corrected chi connectivity index (χ3v) is 6.09. The maximum Gasteiger partial charge on any atom is 0.253 e. The van der Waals surface area contributed by atoms with Crippen molar-refractivity contribution in [3.05, 3.63) is 65.5 Å². The summed E-state index contributed by atoms with van der Waals surface area (Å²) in [4.78, 5) is 14.9.